The number of nitrogens with zero attached hydrogens (tertiary/aromatic N) is 2. The molecule has 0 atom stereocenters. The summed E-state index contributed by atoms with van der Waals surface area (Å²) in [5.74, 6) is -0.185. The Labute approximate surface area is 116 Å². The molecule has 0 aliphatic carbocycles. The number of hydrogen-bond donors (Lipinski definition) is 1. The first kappa shape index (κ1) is 12.6. The van der Waals surface area contributed by atoms with Gasteiger partial charge in [-0.3, -0.25) is 0 Å². The van der Waals surface area contributed by atoms with Crippen LogP contribution < -0.4 is 10.2 Å². The van der Waals surface area contributed by atoms with Gasteiger partial charge in [0.05, 0.1) is 5.69 Å². The topological polar surface area (TPSA) is 28.2 Å². The molecule has 0 unspecified atom stereocenters. The summed E-state index contributed by atoms with van der Waals surface area (Å²) in [6.07, 6.45) is 0.956. The first-order valence-corrected chi connectivity index (χ1v) is 7.37. The molecule has 0 saturated carbocycles. The summed E-state index contributed by atoms with van der Waals surface area (Å²) in [4.78, 5) is 6.73. The number of benzene rings is 1. The molecule has 0 spiro atoms. The van der Waals surface area contributed by atoms with E-state index in [1.54, 1.807) is 17.4 Å². The molecule has 5 heteroatoms. The van der Waals surface area contributed by atoms with E-state index in [4.69, 9.17) is 0 Å². The standard InChI is InChI=1S/C14H16FN3S/c1-2-16-8-12-9-19-14(17-12)18-6-5-10-3-4-11(15)7-13(10)18/h3-4,7,9,16H,2,5-6,8H2,1H3. The maximum atomic E-state index is 13.4. The molecular weight excluding hydrogens is 261 g/mol. The fourth-order valence-electron chi connectivity index (χ4n) is 2.31. The van der Waals surface area contributed by atoms with Crippen molar-refractivity contribution in [3.63, 3.8) is 0 Å². The SMILES string of the molecule is CCNCc1csc(N2CCc3ccc(F)cc32)n1. The Balaban J connectivity index is 1.85. The molecule has 2 heterocycles. The van der Waals surface area contributed by atoms with Crippen LogP contribution in [0.25, 0.3) is 0 Å². The van der Waals surface area contributed by atoms with Crippen molar-refractivity contribution in [1.29, 1.82) is 0 Å². The zero-order valence-corrected chi connectivity index (χ0v) is 11.6. The van der Waals surface area contributed by atoms with Gasteiger partial charge in [-0.15, -0.1) is 11.3 Å². The van der Waals surface area contributed by atoms with E-state index < -0.39 is 0 Å². The van der Waals surface area contributed by atoms with E-state index in [1.807, 2.05) is 6.07 Å². The van der Waals surface area contributed by atoms with Crippen LogP contribution in [0.15, 0.2) is 23.6 Å². The van der Waals surface area contributed by atoms with Gasteiger partial charge in [-0.1, -0.05) is 13.0 Å². The molecule has 19 heavy (non-hydrogen) atoms. The van der Waals surface area contributed by atoms with Crippen LogP contribution in [0.1, 0.15) is 18.2 Å². The predicted octanol–water partition coefficient (Wildman–Crippen LogP) is 3.09. The zero-order valence-electron chi connectivity index (χ0n) is 10.8. The van der Waals surface area contributed by atoms with E-state index in [9.17, 15) is 4.39 Å². The second-order valence-electron chi connectivity index (χ2n) is 4.58. The van der Waals surface area contributed by atoms with Gasteiger partial charge in [0.1, 0.15) is 5.82 Å². The average molecular weight is 277 g/mol. The highest BCUT2D eigenvalue weighted by molar-refractivity contribution is 7.13. The summed E-state index contributed by atoms with van der Waals surface area (Å²) in [5.41, 5.74) is 3.21. The molecule has 1 N–H and O–H groups in total. The van der Waals surface area contributed by atoms with Gasteiger partial charge in [0, 0.05) is 24.2 Å². The normalized spacial score (nSPS) is 13.9. The van der Waals surface area contributed by atoms with Crippen LogP contribution in [0.4, 0.5) is 15.2 Å². The largest absolute Gasteiger partial charge is 0.317 e. The molecule has 1 aliphatic heterocycles. The Morgan fingerprint density at radius 2 is 2.37 bits per heavy atom. The number of aromatic nitrogens is 1. The number of thiazole rings is 1. The van der Waals surface area contributed by atoms with E-state index in [0.29, 0.717) is 0 Å². The molecule has 0 amide bonds. The lowest BCUT2D eigenvalue weighted by Crippen LogP contribution is -2.14. The number of anilines is 2. The van der Waals surface area contributed by atoms with Crippen molar-refractivity contribution >= 4 is 22.2 Å². The molecule has 3 nitrogen and oxygen atoms in total. The van der Waals surface area contributed by atoms with Crippen LogP contribution >= 0.6 is 11.3 Å². The van der Waals surface area contributed by atoms with Gasteiger partial charge >= 0.3 is 0 Å². The highest BCUT2D eigenvalue weighted by atomic mass is 32.1. The summed E-state index contributed by atoms with van der Waals surface area (Å²) in [7, 11) is 0. The fraction of sp³-hybridized carbons (Fsp3) is 0.357. The Morgan fingerprint density at radius 3 is 3.21 bits per heavy atom. The van der Waals surface area contributed by atoms with E-state index in [1.165, 1.54) is 11.6 Å². The molecule has 2 aromatic rings. The lowest BCUT2D eigenvalue weighted by molar-refractivity contribution is 0.628. The molecule has 3 rings (SSSR count). The minimum absolute atomic E-state index is 0.185. The number of fused-ring (bicyclic) bond motifs is 1. The number of nitrogens with one attached hydrogen (secondary N) is 1. The molecular formula is C14H16FN3S. The van der Waals surface area contributed by atoms with Gasteiger partial charge in [-0.25, -0.2) is 9.37 Å². The quantitative estimate of drug-likeness (QED) is 0.931. The van der Waals surface area contributed by atoms with E-state index in [0.717, 1.165) is 42.6 Å². The van der Waals surface area contributed by atoms with Crippen LogP contribution in [-0.2, 0) is 13.0 Å². The first-order chi connectivity index (χ1) is 9.28. The van der Waals surface area contributed by atoms with Gasteiger partial charge < -0.3 is 10.2 Å². The van der Waals surface area contributed by atoms with E-state index >= 15 is 0 Å². The minimum Gasteiger partial charge on any atom is -0.317 e. The Bertz CT molecular complexity index is 582. The second-order valence-corrected chi connectivity index (χ2v) is 5.41. The van der Waals surface area contributed by atoms with Crippen LogP contribution in [0.2, 0.25) is 0 Å². The zero-order chi connectivity index (χ0) is 13.2. The Hall–Kier alpha value is -1.46. The summed E-state index contributed by atoms with van der Waals surface area (Å²) in [6.45, 7) is 4.68. The van der Waals surface area contributed by atoms with Crippen molar-refractivity contribution in [3.8, 4) is 0 Å². The molecule has 0 radical (unpaired) electrons. The third-order valence-corrected chi connectivity index (χ3v) is 4.18. The van der Waals surface area contributed by atoms with Gasteiger partial charge in [-0.05, 0) is 30.7 Å². The Morgan fingerprint density at radius 1 is 1.47 bits per heavy atom. The van der Waals surface area contributed by atoms with Gasteiger partial charge in [-0.2, -0.15) is 0 Å². The molecule has 0 bridgehead atoms. The third-order valence-electron chi connectivity index (χ3n) is 3.27. The Kier molecular flexibility index (Phi) is 3.48. The van der Waals surface area contributed by atoms with Crippen LogP contribution in [0, 0.1) is 5.82 Å². The van der Waals surface area contributed by atoms with Gasteiger partial charge in [0.2, 0.25) is 0 Å². The maximum absolute atomic E-state index is 13.4. The van der Waals surface area contributed by atoms with Gasteiger partial charge in [0.15, 0.2) is 5.13 Å². The summed E-state index contributed by atoms with van der Waals surface area (Å²) < 4.78 is 13.4. The summed E-state index contributed by atoms with van der Waals surface area (Å²) in [5, 5.41) is 6.28. The molecule has 0 fully saturated rings. The highest BCUT2D eigenvalue weighted by Gasteiger charge is 2.23. The van der Waals surface area contributed by atoms with E-state index in [2.05, 4.69) is 27.5 Å². The van der Waals surface area contributed by atoms with E-state index in [-0.39, 0.29) is 5.82 Å². The predicted molar refractivity (Wildman–Crippen MR) is 76.6 cm³/mol. The number of rotatable bonds is 4. The van der Waals surface area contributed by atoms with Crippen LogP contribution in [0.5, 0.6) is 0 Å². The second kappa shape index (κ2) is 5.27. The monoisotopic (exact) mass is 277 g/mol. The number of halogens is 1. The number of hydrogen-bond acceptors (Lipinski definition) is 4. The smallest absolute Gasteiger partial charge is 0.190 e. The average Bonchev–Trinajstić information content (AvgIpc) is 3.01. The first-order valence-electron chi connectivity index (χ1n) is 6.49. The van der Waals surface area contributed by atoms with Crippen LogP contribution in [-0.4, -0.2) is 18.1 Å². The van der Waals surface area contributed by atoms with Crippen LogP contribution in [0.3, 0.4) is 0 Å². The highest BCUT2D eigenvalue weighted by Crippen LogP contribution is 2.36. The molecule has 0 saturated heterocycles. The fourth-order valence-corrected chi connectivity index (χ4v) is 3.17. The van der Waals surface area contributed by atoms with Crippen molar-refractivity contribution in [2.24, 2.45) is 0 Å². The van der Waals surface area contributed by atoms with Crippen molar-refractivity contribution in [3.05, 3.63) is 40.7 Å². The summed E-state index contributed by atoms with van der Waals surface area (Å²) in [6, 6.07) is 5.01. The summed E-state index contributed by atoms with van der Waals surface area (Å²) >= 11 is 1.62. The van der Waals surface area contributed by atoms with Gasteiger partial charge in [0.25, 0.3) is 0 Å². The molecule has 1 aromatic carbocycles. The van der Waals surface area contributed by atoms with Crippen molar-refractivity contribution < 1.29 is 4.39 Å². The molecule has 100 valence electrons. The third kappa shape index (κ3) is 2.48. The molecule has 1 aliphatic rings. The minimum atomic E-state index is -0.185. The molecule has 1 aromatic heterocycles. The van der Waals surface area contributed by atoms with Crippen molar-refractivity contribution in [2.75, 3.05) is 18.0 Å². The van der Waals surface area contributed by atoms with Crippen molar-refractivity contribution in [2.45, 2.75) is 19.9 Å². The lowest BCUT2D eigenvalue weighted by Gasteiger charge is -2.15. The lowest BCUT2D eigenvalue weighted by atomic mass is 10.2. The van der Waals surface area contributed by atoms with Crippen molar-refractivity contribution in [1.82, 2.24) is 10.3 Å². The maximum Gasteiger partial charge on any atom is 0.190 e.